The van der Waals surface area contributed by atoms with E-state index < -0.39 is 0 Å². The second-order valence-corrected chi connectivity index (χ2v) is 4.64. The molecule has 1 aromatic rings. The fourth-order valence-corrected chi connectivity index (χ4v) is 2.28. The van der Waals surface area contributed by atoms with Gasteiger partial charge in [0.05, 0.1) is 5.69 Å². The summed E-state index contributed by atoms with van der Waals surface area (Å²) in [4.78, 5) is 25.0. The Bertz CT molecular complexity index is 413. The van der Waals surface area contributed by atoms with Gasteiger partial charge in [0.25, 0.3) is 0 Å². The van der Waals surface area contributed by atoms with E-state index in [1.807, 2.05) is 18.2 Å². The monoisotopic (exact) mass is 281 g/mol. The topological polar surface area (TPSA) is 37.4 Å². The molecule has 1 saturated heterocycles. The summed E-state index contributed by atoms with van der Waals surface area (Å²) in [6.45, 7) is 0. The molecular formula is C12H12BrNO2. The third kappa shape index (κ3) is 2.16. The molecule has 3 nitrogen and oxygen atoms in total. The molecule has 4 heteroatoms. The van der Waals surface area contributed by atoms with Crippen molar-refractivity contribution < 1.29 is 9.59 Å². The molecule has 0 spiro atoms. The summed E-state index contributed by atoms with van der Waals surface area (Å²) in [5.41, 5.74) is 0.652. The van der Waals surface area contributed by atoms with Gasteiger partial charge in [-0.2, -0.15) is 0 Å². The lowest BCUT2D eigenvalue weighted by atomic mass is 10.2. The van der Waals surface area contributed by atoms with Gasteiger partial charge in [-0.05, 0) is 40.9 Å². The molecule has 1 aromatic carbocycles. The number of halogens is 1. The SMILES string of the molecule is O=C1CCCCC(=O)N1c1ccccc1Br. The summed E-state index contributed by atoms with van der Waals surface area (Å²) in [6.07, 6.45) is 2.50. The van der Waals surface area contributed by atoms with E-state index in [9.17, 15) is 9.59 Å². The highest BCUT2D eigenvalue weighted by molar-refractivity contribution is 9.10. The van der Waals surface area contributed by atoms with Crippen LogP contribution in [0, 0.1) is 0 Å². The predicted octanol–water partition coefficient (Wildman–Crippen LogP) is 2.88. The second kappa shape index (κ2) is 4.78. The molecule has 0 saturated carbocycles. The maximum Gasteiger partial charge on any atom is 0.233 e. The quantitative estimate of drug-likeness (QED) is 0.743. The average molecular weight is 282 g/mol. The highest BCUT2D eigenvalue weighted by Gasteiger charge is 2.26. The van der Waals surface area contributed by atoms with E-state index in [0.717, 1.165) is 17.3 Å². The van der Waals surface area contributed by atoms with Crippen LogP contribution in [-0.2, 0) is 9.59 Å². The molecule has 0 radical (unpaired) electrons. The third-order valence-corrected chi connectivity index (χ3v) is 3.29. The highest BCUT2D eigenvalue weighted by atomic mass is 79.9. The van der Waals surface area contributed by atoms with Crippen LogP contribution in [0.4, 0.5) is 5.69 Å². The van der Waals surface area contributed by atoms with Gasteiger partial charge in [0.2, 0.25) is 11.8 Å². The van der Waals surface area contributed by atoms with Crippen LogP contribution in [0.3, 0.4) is 0 Å². The number of imide groups is 1. The number of amides is 2. The van der Waals surface area contributed by atoms with Crippen LogP contribution in [0.15, 0.2) is 28.7 Å². The zero-order valence-corrected chi connectivity index (χ0v) is 10.4. The van der Waals surface area contributed by atoms with Crippen LogP contribution in [0.25, 0.3) is 0 Å². The maximum atomic E-state index is 11.9. The second-order valence-electron chi connectivity index (χ2n) is 3.78. The molecule has 0 atom stereocenters. The summed E-state index contributed by atoms with van der Waals surface area (Å²) in [5.74, 6) is -0.205. The normalized spacial score (nSPS) is 17.4. The van der Waals surface area contributed by atoms with Crippen molar-refractivity contribution in [1.82, 2.24) is 0 Å². The summed E-state index contributed by atoms with van der Waals surface area (Å²) < 4.78 is 0.776. The molecule has 16 heavy (non-hydrogen) atoms. The minimum atomic E-state index is -0.102. The van der Waals surface area contributed by atoms with E-state index in [1.54, 1.807) is 6.07 Å². The molecule has 0 aromatic heterocycles. The van der Waals surface area contributed by atoms with Crippen molar-refractivity contribution in [1.29, 1.82) is 0 Å². The lowest BCUT2D eigenvalue weighted by Gasteiger charge is -2.19. The largest absolute Gasteiger partial charge is 0.274 e. The van der Waals surface area contributed by atoms with Gasteiger partial charge in [0.15, 0.2) is 0 Å². The van der Waals surface area contributed by atoms with Crippen molar-refractivity contribution in [3.05, 3.63) is 28.7 Å². The molecule has 0 unspecified atom stereocenters. The first kappa shape index (κ1) is 11.3. The molecule has 2 amide bonds. The van der Waals surface area contributed by atoms with Gasteiger partial charge in [-0.15, -0.1) is 0 Å². The number of carbonyl (C=O) groups is 2. The lowest BCUT2D eigenvalue weighted by Crippen LogP contribution is -2.35. The Balaban J connectivity index is 2.40. The number of benzene rings is 1. The molecule has 0 N–H and O–H groups in total. The third-order valence-electron chi connectivity index (χ3n) is 2.62. The zero-order chi connectivity index (χ0) is 11.5. The van der Waals surface area contributed by atoms with Crippen molar-refractivity contribution in [3.63, 3.8) is 0 Å². The maximum absolute atomic E-state index is 11.9. The summed E-state index contributed by atoms with van der Waals surface area (Å²) in [6, 6.07) is 7.30. The Labute approximate surface area is 103 Å². The molecule has 2 rings (SSSR count). The Hall–Kier alpha value is -1.16. The number of rotatable bonds is 1. The van der Waals surface area contributed by atoms with Gasteiger partial charge in [0, 0.05) is 17.3 Å². The Morgan fingerprint density at radius 2 is 1.56 bits per heavy atom. The van der Waals surface area contributed by atoms with E-state index in [1.165, 1.54) is 4.90 Å². The van der Waals surface area contributed by atoms with E-state index in [4.69, 9.17) is 0 Å². The number of hydrogen-bond acceptors (Lipinski definition) is 2. The number of nitrogens with zero attached hydrogens (tertiary/aromatic N) is 1. The van der Waals surface area contributed by atoms with Crippen LogP contribution in [0.1, 0.15) is 25.7 Å². The van der Waals surface area contributed by atoms with Gasteiger partial charge in [-0.1, -0.05) is 12.1 Å². The Morgan fingerprint density at radius 3 is 2.12 bits per heavy atom. The van der Waals surface area contributed by atoms with E-state index >= 15 is 0 Å². The number of hydrogen-bond donors (Lipinski definition) is 0. The first-order valence-corrected chi connectivity index (χ1v) is 6.10. The zero-order valence-electron chi connectivity index (χ0n) is 8.78. The van der Waals surface area contributed by atoms with Crippen molar-refractivity contribution >= 4 is 33.4 Å². The summed E-state index contributed by atoms with van der Waals surface area (Å²) in [5, 5.41) is 0. The Kier molecular flexibility index (Phi) is 3.39. The molecule has 84 valence electrons. The van der Waals surface area contributed by atoms with Gasteiger partial charge in [0.1, 0.15) is 0 Å². The molecule has 1 aliphatic heterocycles. The van der Waals surface area contributed by atoms with E-state index in [0.29, 0.717) is 18.5 Å². The van der Waals surface area contributed by atoms with Gasteiger partial charge >= 0.3 is 0 Å². The fourth-order valence-electron chi connectivity index (χ4n) is 1.82. The van der Waals surface area contributed by atoms with Crippen LogP contribution in [0.2, 0.25) is 0 Å². The lowest BCUT2D eigenvalue weighted by molar-refractivity contribution is -0.125. The highest BCUT2D eigenvalue weighted by Crippen LogP contribution is 2.28. The van der Waals surface area contributed by atoms with Crippen LogP contribution >= 0.6 is 15.9 Å². The molecule has 0 bridgehead atoms. The first-order valence-electron chi connectivity index (χ1n) is 5.30. The van der Waals surface area contributed by atoms with E-state index in [-0.39, 0.29) is 11.8 Å². The van der Waals surface area contributed by atoms with Crippen LogP contribution in [0.5, 0.6) is 0 Å². The van der Waals surface area contributed by atoms with Gasteiger partial charge in [-0.3, -0.25) is 9.59 Å². The molecule has 1 fully saturated rings. The summed E-state index contributed by atoms with van der Waals surface area (Å²) >= 11 is 3.37. The number of carbonyl (C=O) groups excluding carboxylic acids is 2. The van der Waals surface area contributed by atoms with Gasteiger partial charge < -0.3 is 0 Å². The van der Waals surface area contributed by atoms with Crippen molar-refractivity contribution in [2.75, 3.05) is 4.90 Å². The van der Waals surface area contributed by atoms with Gasteiger partial charge in [-0.25, -0.2) is 4.90 Å². The molecule has 1 heterocycles. The minimum Gasteiger partial charge on any atom is -0.274 e. The van der Waals surface area contributed by atoms with Crippen molar-refractivity contribution in [2.45, 2.75) is 25.7 Å². The first-order chi connectivity index (χ1) is 7.70. The molecule has 0 aliphatic carbocycles. The summed E-state index contributed by atoms with van der Waals surface area (Å²) in [7, 11) is 0. The number of para-hydroxylation sites is 1. The van der Waals surface area contributed by atoms with Crippen molar-refractivity contribution in [2.24, 2.45) is 0 Å². The standard InChI is InChI=1S/C12H12BrNO2/c13-9-5-1-2-6-10(9)14-11(15)7-3-4-8-12(14)16/h1-2,5-6H,3-4,7-8H2. The number of anilines is 1. The van der Waals surface area contributed by atoms with Crippen molar-refractivity contribution in [3.8, 4) is 0 Å². The predicted molar refractivity (Wildman–Crippen MR) is 65.1 cm³/mol. The van der Waals surface area contributed by atoms with Crippen LogP contribution in [-0.4, -0.2) is 11.8 Å². The smallest absolute Gasteiger partial charge is 0.233 e. The fraction of sp³-hybridized carbons (Fsp3) is 0.333. The van der Waals surface area contributed by atoms with E-state index in [2.05, 4.69) is 15.9 Å². The van der Waals surface area contributed by atoms with Crippen LogP contribution < -0.4 is 4.90 Å². The molecule has 1 aliphatic rings. The minimum absolute atomic E-state index is 0.102. The molecular weight excluding hydrogens is 270 g/mol. The average Bonchev–Trinajstić information content (AvgIpc) is 2.42. The Morgan fingerprint density at radius 1 is 1.00 bits per heavy atom.